The molecule has 2 rings (SSSR count). The molecule has 2 aromatic heterocycles. The molecule has 0 atom stereocenters. The number of hydrogen-bond acceptors (Lipinski definition) is 3. The van der Waals surface area contributed by atoms with E-state index in [1.807, 2.05) is 10.6 Å². The van der Waals surface area contributed by atoms with Crippen molar-refractivity contribution in [2.24, 2.45) is 0 Å². The number of halogens is 1. The number of nitrogen functional groups attached to an aromatic ring is 1. The topological polar surface area (TPSA) is 56.2 Å². The van der Waals surface area contributed by atoms with Crippen LogP contribution >= 0.6 is 22.6 Å². The van der Waals surface area contributed by atoms with Gasteiger partial charge in [-0.05, 0) is 22.6 Å². The zero-order valence-electron chi connectivity index (χ0n) is 5.53. The summed E-state index contributed by atoms with van der Waals surface area (Å²) < 4.78 is 2.73. The van der Waals surface area contributed by atoms with Crippen molar-refractivity contribution < 1.29 is 0 Å². The van der Waals surface area contributed by atoms with E-state index in [0.717, 1.165) is 9.22 Å². The molecular formula is C6H5IN4. The summed E-state index contributed by atoms with van der Waals surface area (Å²) >= 11 is 2.13. The van der Waals surface area contributed by atoms with E-state index in [9.17, 15) is 0 Å². The van der Waals surface area contributed by atoms with Gasteiger partial charge >= 0.3 is 0 Å². The van der Waals surface area contributed by atoms with Crippen LogP contribution in [-0.2, 0) is 0 Å². The number of rotatable bonds is 0. The molecule has 0 radical (unpaired) electrons. The molecule has 2 N–H and O–H groups in total. The highest BCUT2D eigenvalue weighted by molar-refractivity contribution is 14.1. The zero-order chi connectivity index (χ0) is 7.84. The lowest BCUT2D eigenvalue weighted by molar-refractivity contribution is 1.08. The first-order chi connectivity index (χ1) is 5.29. The van der Waals surface area contributed by atoms with Gasteiger partial charge in [-0.3, -0.25) is 4.40 Å². The van der Waals surface area contributed by atoms with Crippen molar-refractivity contribution in [3.05, 3.63) is 22.3 Å². The predicted octanol–water partition coefficient (Wildman–Crippen LogP) is 0.916. The molecule has 2 aromatic rings. The van der Waals surface area contributed by atoms with E-state index in [1.54, 1.807) is 12.5 Å². The number of nitrogens with zero attached hydrogens (tertiary/aromatic N) is 3. The molecule has 0 unspecified atom stereocenters. The highest BCUT2D eigenvalue weighted by Gasteiger charge is 2.02. The molecule has 11 heavy (non-hydrogen) atoms. The second-order valence-electron chi connectivity index (χ2n) is 2.10. The summed E-state index contributed by atoms with van der Waals surface area (Å²) in [6.45, 7) is 0. The summed E-state index contributed by atoms with van der Waals surface area (Å²) in [6.07, 6.45) is 5.21. The molecule has 2 heterocycles. The Morgan fingerprint density at radius 3 is 3.09 bits per heavy atom. The van der Waals surface area contributed by atoms with Gasteiger partial charge in [-0.25, -0.2) is 9.97 Å². The maximum Gasteiger partial charge on any atom is 0.155 e. The number of nitrogens with two attached hydrogens (primary N) is 1. The number of anilines is 1. The van der Waals surface area contributed by atoms with Gasteiger partial charge in [0.05, 0.1) is 3.57 Å². The van der Waals surface area contributed by atoms with Crippen LogP contribution in [0.1, 0.15) is 0 Å². The standard InChI is InChI=1S/C6H5IN4/c7-4-5(8)10-3-11-2-1-9-6(4)11/h1-3H,8H2. The molecule has 0 aliphatic rings. The number of fused-ring (bicyclic) bond motifs is 1. The lowest BCUT2D eigenvalue weighted by Gasteiger charge is -1.97. The predicted molar refractivity (Wildman–Crippen MR) is 50.1 cm³/mol. The van der Waals surface area contributed by atoms with Crippen LogP contribution < -0.4 is 5.73 Å². The van der Waals surface area contributed by atoms with Crippen molar-refractivity contribution in [1.29, 1.82) is 0 Å². The highest BCUT2D eigenvalue weighted by Crippen LogP contribution is 2.15. The molecule has 0 saturated heterocycles. The number of hydrogen-bond donors (Lipinski definition) is 1. The van der Waals surface area contributed by atoms with E-state index in [-0.39, 0.29) is 0 Å². The van der Waals surface area contributed by atoms with Crippen LogP contribution in [0.3, 0.4) is 0 Å². The van der Waals surface area contributed by atoms with E-state index in [0.29, 0.717) is 5.82 Å². The maximum absolute atomic E-state index is 5.57. The lowest BCUT2D eigenvalue weighted by atomic mass is 10.6. The smallest absolute Gasteiger partial charge is 0.155 e. The fraction of sp³-hybridized carbons (Fsp3) is 0. The molecule has 0 amide bonds. The van der Waals surface area contributed by atoms with Crippen molar-refractivity contribution >= 4 is 34.1 Å². The lowest BCUT2D eigenvalue weighted by Crippen LogP contribution is -1.97. The van der Waals surface area contributed by atoms with Gasteiger partial charge in [0.2, 0.25) is 0 Å². The summed E-state index contributed by atoms with van der Waals surface area (Å²) in [5.74, 6) is 0.532. The minimum atomic E-state index is 0.532. The Kier molecular flexibility index (Phi) is 1.45. The molecule has 0 spiro atoms. The summed E-state index contributed by atoms with van der Waals surface area (Å²) in [5.41, 5.74) is 6.43. The third kappa shape index (κ3) is 0.953. The summed E-state index contributed by atoms with van der Waals surface area (Å²) in [5, 5.41) is 0. The van der Waals surface area contributed by atoms with Gasteiger partial charge in [0, 0.05) is 12.4 Å². The summed E-state index contributed by atoms with van der Waals surface area (Å²) in [4.78, 5) is 8.09. The molecule has 5 heteroatoms. The molecule has 0 aromatic carbocycles. The van der Waals surface area contributed by atoms with Crippen molar-refractivity contribution in [3.63, 3.8) is 0 Å². The average molecular weight is 260 g/mol. The molecule has 0 saturated carbocycles. The van der Waals surface area contributed by atoms with E-state index >= 15 is 0 Å². The second-order valence-corrected chi connectivity index (χ2v) is 3.18. The minimum absolute atomic E-state index is 0.532. The first-order valence-electron chi connectivity index (χ1n) is 3.01. The van der Waals surface area contributed by atoms with Crippen LogP contribution in [0.25, 0.3) is 5.65 Å². The van der Waals surface area contributed by atoms with Crippen LogP contribution in [0.5, 0.6) is 0 Å². The number of imidazole rings is 1. The molecule has 0 bridgehead atoms. The monoisotopic (exact) mass is 260 g/mol. The zero-order valence-corrected chi connectivity index (χ0v) is 7.69. The Bertz CT molecular complexity index is 394. The van der Waals surface area contributed by atoms with E-state index in [2.05, 4.69) is 32.6 Å². The Balaban J connectivity index is 2.93. The number of aromatic nitrogens is 3. The second kappa shape index (κ2) is 2.33. The van der Waals surface area contributed by atoms with E-state index in [4.69, 9.17) is 5.73 Å². The fourth-order valence-electron chi connectivity index (χ4n) is 0.872. The Hall–Kier alpha value is -0.850. The first-order valence-corrected chi connectivity index (χ1v) is 4.09. The van der Waals surface area contributed by atoms with Crippen LogP contribution in [-0.4, -0.2) is 14.4 Å². The van der Waals surface area contributed by atoms with Gasteiger partial charge in [0.15, 0.2) is 5.65 Å². The Morgan fingerprint density at radius 2 is 2.27 bits per heavy atom. The van der Waals surface area contributed by atoms with Crippen LogP contribution in [0, 0.1) is 3.57 Å². The van der Waals surface area contributed by atoms with E-state index in [1.165, 1.54) is 0 Å². The summed E-state index contributed by atoms with van der Waals surface area (Å²) in [7, 11) is 0. The molecule has 56 valence electrons. The summed E-state index contributed by atoms with van der Waals surface area (Å²) in [6, 6.07) is 0. The maximum atomic E-state index is 5.57. The van der Waals surface area contributed by atoms with Crippen molar-refractivity contribution in [2.75, 3.05) is 5.73 Å². The largest absolute Gasteiger partial charge is 0.383 e. The normalized spacial score (nSPS) is 10.6. The van der Waals surface area contributed by atoms with Crippen molar-refractivity contribution in [3.8, 4) is 0 Å². The van der Waals surface area contributed by atoms with Crippen molar-refractivity contribution in [1.82, 2.24) is 14.4 Å². The van der Waals surface area contributed by atoms with Gasteiger partial charge in [-0.15, -0.1) is 0 Å². The molecule has 0 aliphatic carbocycles. The van der Waals surface area contributed by atoms with E-state index < -0.39 is 0 Å². The quantitative estimate of drug-likeness (QED) is 0.716. The molecular weight excluding hydrogens is 255 g/mol. The van der Waals surface area contributed by atoms with Gasteiger partial charge < -0.3 is 5.73 Å². The first kappa shape index (κ1) is 6.84. The van der Waals surface area contributed by atoms with Crippen LogP contribution in [0.4, 0.5) is 5.82 Å². The van der Waals surface area contributed by atoms with Crippen LogP contribution in [0.2, 0.25) is 0 Å². The average Bonchev–Trinajstić information content (AvgIpc) is 2.45. The minimum Gasteiger partial charge on any atom is -0.383 e. The third-order valence-electron chi connectivity index (χ3n) is 1.41. The molecule has 4 nitrogen and oxygen atoms in total. The molecule has 0 fully saturated rings. The van der Waals surface area contributed by atoms with Crippen molar-refractivity contribution in [2.45, 2.75) is 0 Å². The Labute approximate surface area is 76.6 Å². The SMILES string of the molecule is Nc1ncn2ccnc2c1I. The van der Waals surface area contributed by atoms with Gasteiger partial charge in [-0.2, -0.15) is 0 Å². The fourth-order valence-corrected chi connectivity index (χ4v) is 1.43. The molecule has 0 aliphatic heterocycles. The Morgan fingerprint density at radius 1 is 1.45 bits per heavy atom. The van der Waals surface area contributed by atoms with Gasteiger partial charge in [0.25, 0.3) is 0 Å². The van der Waals surface area contributed by atoms with Crippen LogP contribution in [0.15, 0.2) is 18.7 Å². The third-order valence-corrected chi connectivity index (χ3v) is 2.45. The van der Waals surface area contributed by atoms with Gasteiger partial charge in [0.1, 0.15) is 12.1 Å². The highest BCUT2D eigenvalue weighted by atomic mass is 127. The van der Waals surface area contributed by atoms with Gasteiger partial charge in [-0.1, -0.05) is 0 Å².